The van der Waals surface area contributed by atoms with Crippen molar-refractivity contribution >= 4 is 11.6 Å². The number of carbonyl (C=O) groups is 1. The van der Waals surface area contributed by atoms with Gasteiger partial charge in [0.05, 0.1) is 35.0 Å². The topological polar surface area (TPSA) is 90.5 Å². The van der Waals surface area contributed by atoms with Crippen molar-refractivity contribution < 1.29 is 9.18 Å². The van der Waals surface area contributed by atoms with Gasteiger partial charge in [-0.25, -0.2) is 9.07 Å². The first kappa shape index (κ1) is 18.5. The Kier molecular flexibility index (Phi) is 4.86. The van der Waals surface area contributed by atoms with Crippen molar-refractivity contribution in [3.05, 3.63) is 72.3 Å². The van der Waals surface area contributed by atoms with Gasteiger partial charge in [-0.05, 0) is 36.8 Å². The minimum Gasteiger partial charge on any atom is -0.320 e. The molecule has 29 heavy (non-hydrogen) atoms. The highest BCUT2D eigenvalue weighted by Gasteiger charge is 2.18. The molecule has 146 valence electrons. The van der Waals surface area contributed by atoms with Gasteiger partial charge in [0, 0.05) is 18.8 Å². The molecule has 0 atom stereocenters. The fraction of sp³-hybridized carbons (Fsp3) is 0.150. The molecule has 3 heterocycles. The van der Waals surface area contributed by atoms with Crippen LogP contribution in [0.2, 0.25) is 0 Å². The zero-order chi connectivity index (χ0) is 20.4. The highest BCUT2D eigenvalue weighted by atomic mass is 19.1. The van der Waals surface area contributed by atoms with Gasteiger partial charge < -0.3 is 9.88 Å². The Morgan fingerprint density at radius 2 is 1.97 bits per heavy atom. The van der Waals surface area contributed by atoms with Crippen molar-refractivity contribution in [2.24, 2.45) is 7.05 Å². The summed E-state index contributed by atoms with van der Waals surface area (Å²) >= 11 is 0. The number of anilines is 1. The lowest BCUT2D eigenvalue weighted by Gasteiger charge is -2.09. The van der Waals surface area contributed by atoms with E-state index in [-0.39, 0.29) is 11.7 Å². The van der Waals surface area contributed by atoms with E-state index >= 15 is 0 Å². The molecular formula is C20H18FN7O. The molecule has 0 aliphatic rings. The van der Waals surface area contributed by atoms with Crippen LogP contribution in [-0.4, -0.2) is 35.4 Å². The molecule has 0 saturated heterocycles. The third kappa shape index (κ3) is 3.62. The van der Waals surface area contributed by atoms with Crippen LogP contribution in [-0.2, 0) is 13.5 Å². The van der Waals surface area contributed by atoms with Crippen LogP contribution in [0, 0.1) is 5.82 Å². The van der Waals surface area contributed by atoms with E-state index in [1.54, 1.807) is 46.2 Å². The maximum atomic E-state index is 13.2. The molecule has 0 unspecified atom stereocenters. The summed E-state index contributed by atoms with van der Waals surface area (Å²) in [4.78, 5) is 17.1. The molecule has 0 aliphatic heterocycles. The third-order valence-corrected chi connectivity index (χ3v) is 4.49. The number of hydrogen-bond acceptors (Lipinski definition) is 5. The van der Waals surface area contributed by atoms with E-state index in [4.69, 9.17) is 0 Å². The SMILES string of the molecule is CCc1c(C(=O)Nc2cncc(-c3nncn3C)c2)cnn1-c1ccc(F)cc1. The maximum absolute atomic E-state index is 13.2. The number of amides is 1. The average molecular weight is 391 g/mol. The number of nitrogens with one attached hydrogen (secondary N) is 1. The first-order valence-electron chi connectivity index (χ1n) is 9.00. The lowest BCUT2D eigenvalue weighted by Crippen LogP contribution is -2.14. The lowest BCUT2D eigenvalue weighted by molar-refractivity contribution is 0.102. The number of benzene rings is 1. The molecule has 4 aromatic rings. The molecule has 3 aromatic heterocycles. The predicted molar refractivity (Wildman–Crippen MR) is 105 cm³/mol. The van der Waals surface area contributed by atoms with Crippen molar-refractivity contribution in [2.75, 3.05) is 5.32 Å². The largest absolute Gasteiger partial charge is 0.320 e. The number of aromatic nitrogens is 6. The van der Waals surface area contributed by atoms with Crippen LogP contribution in [0.15, 0.2) is 55.2 Å². The summed E-state index contributed by atoms with van der Waals surface area (Å²) in [5, 5.41) is 15.1. The summed E-state index contributed by atoms with van der Waals surface area (Å²) in [7, 11) is 1.83. The lowest BCUT2D eigenvalue weighted by atomic mass is 10.1. The Bertz CT molecular complexity index is 1160. The van der Waals surface area contributed by atoms with Crippen LogP contribution < -0.4 is 5.32 Å². The van der Waals surface area contributed by atoms with Crippen molar-refractivity contribution in [3.63, 3.8) is 0 Å². The molecule has 0 bridgehead atoms. The zero-order valence-electron chi connectivity index (χ0n) is 15.9. The molecule has 0 radical (unpaired) electrons. The first-order chi connectivity index (χ1) is 14.1. The molecular weight excluding hydrogens is 373 g/mol. The molecule has 1 aromatic carbocycles. The summed E-state index contributed by atoms with van der Waals surface area (Å²) in [6.07, 6.45) is 6.91. The molecule has 0 saturated carbocycles. The number of aryl methyl sites for hydroxylation is 1. The summed E-state index contributed by atoms with van der Waals surface area (Å²) in [6.45, 7) is 1.93. The smallest absolute Gasteiger partial charge is 0.259 e. The van der Waals surface area contributed by atoms with Gasteiger partial charge in [-0.2, -0.15) is 5.10 Å². The monoisotopic (exact) mass is 391 g/mol. The van der Waals surface area contributed by atoms with Gasteiger partial charge in [0.2, 0.25) is 0 Å². The molecule has 1 amide bonds. The van der Waals surface area contributed by atoms with Gasteiger partial charge in [0.15, 0.2) is 5.82 Å². The van der Waals surface area contributed by atoms with Crippen LogP contribution >= 0.6 is 0 Å². The van der Waals surface area contributed by atoms with E-state index in [2.05, 4.69) is 25.6 Å². The van der Waals surface area contributed by atoms with Gasteiger partial charge >= 0.3 is 0 Å². The fourth-order valence-corrected chi connectivity index (χ4v) is 3.08. The van der Waals surface area contributed by atoms with Crippen LogP contribution in [0.25, 0.3) is 17.1 Å². The molecule has 9 heteroatoms. The summed E-state index contributed by atoms with van der Waals surface area (Å²) in [5.41, 5.74) is 3.13. The molecule has 0 spiro atoms. The first-order valence-corrected chi connectivity index (χ1v) is 9.00. The molecule has 0 fully saturated rings. The fourth-order valence-electron chi connectivity index (χ4n) is 3.08. The van der Waals surface area contributed by atoms with Crippen molar-refractivity contribution in [1.82, 2.24) is 29.5 Å². The summed E-state index contributed by atoms with van der Waals surface area (Å²) < 4.78 is 16.6. The summed E-state index contributed by atoms with van der Waals surface area (Å²) in [5.74, 6) is 0.0197. The van der Waals surface area contributed by atoms with Crippen molar-refractivity contribution in [2.45, 2.75) is 13.3 Å². The van der Waals surface area contributed by atoms with Gasteiger partial charge in [0.1, 0.15) is 12.1 Å². The molecule has 0 aliphatic carbocycles. The number of hydrogen-bond donors (Lipinski definition) is 1. The Morgan fingerprint density at radius 3 is 2.66 bits per heavy atom. The number of nitrogens with zero attached hydrogens (tertiary/aromatic N) is 6. The molecule has 8 nitrogen and oxygen atoms in total. The highest BCUT2D eigenvalue weighted by molar-refractivity contribution is 6.05. The van der Waals surface area contributed by atoms with E-state index in [1.165, 1.54) is 18.3 Å². The number of halogens is 1. The van der Waals surface area contributed by atoms with Crippen LogP contribution in [0.5, 0.6) is 0 Å². The third-order valence-electron chi connectivity index (χ3n) is 4.49. The van der Waals surface area contributed by atoms with E-state index < -0.39 is 0 Å². The van der Waals surface area contributed by atoms with Gasteiger partial charge in [-0.15, -0.1) is 10.2 Å². The Labute approximate surface area is 166 Å². The second-order valence-corrected chi connectivity index (χ2v) is 6.43. The maximum Gasteiger partial charge on any atom is 0.259 e. The highest BCUT2D eigenvalue weighted by Crippen LogP contribution is 2.21. The van der Waals surface area contributed by atoms with Gasteiger partial charge in [-0.3, -0.25) is 9.78 Å². The number of rotatable bonds is 5. The molecule has 4 rings (SSSR count). The Morgan fingerprint density at radius 1 is 1.17 bits per heavy atom. The zero-order valence-corrected chi connectivity index (χ0v) is 15.9. The Balaban J connectivity index is 1.61. The van der Waals surface area contributed by atoms with Gasteiger partial charge in [0.25, 0.3) is 5.91 Å². The normalized spacial score (nSPS) is 10.9. The van der Waals surface area contributed by atoms with Crippen LogP contribution in [0.1, 0.15) is 23.0 Å². The predicted octanol–water partition coefficient (Wildman–Crippen LogP) is 3.02. The minimum absolute atomic E-state index is 0.299. The van der Waals surface area contributed by atoms with Gasteiger partial charge in [-0.1, -0.05) is 6.92 Å². The van der Waals surface area contributed by atoms with E-state index in [0.717, 1.165) is 11.3 Å². The quantitative estimate of drug-likeness (QED) is 0.565. The Hall–Kier alpha value is -3.88. The van der Waals surface area contributed by atoms with Crippen LogP contribution in [0.3, 0.4) is 0 Å². The second-order valence-electron chi connectivity index (χ2n) is 6.43. The average Bonchev–Trinajstić information content (AvgIpc) is 3.35. The van der Waals surface area contributed by atoms with Crippen molar-refractivity contribution in [1.29, 1.82) is 0 Å². The van der Waals surface area contributed by atoms with Crippen molar-refractivity contribution in [3.8, 4) is 17.1 Å². The second kappa shape index (κ2) is 7.63. The summed E-state index contributed by atoms with van der Waals surface area (Å²) in [6, 6.07) is 7.75. The van der Waals surface area contributed by atoms with E-state index in [1.807, 2.05) is 14.0 Å². The van der Waals surface area contributed by atoms with E-state index in [0.29, 0.717) is 29.2 Å². The number of pyridine rings is 1. The van der Waals surface area contributed by atoms with E-state index in [9.17, 15) is 9.18 Å². The molecule has 1 N–H and O–H groups in total. The number of carbonyl (C=O) groups excluding carboxylic acids is 1. The minimum atomic E-state index is -0.327. The standard InChI is InChI=1S/C20H18FN7O/c1-3-18-17(11-24-28(18)16-6-4-14(21)5-7-16)20(29)25-15-8-13(9-22-10-15)19-26-23-12-27(19)2/h4-12H,3H2,1-2H3,(H,25,29). The van der Waals surface area contributed by atoms with Crippen LogP contribution in [0.4, 0.5) is 10.1 Å².